The van der Waals surface area contributed by atoms with E-state index in [1.807, 2.05) is 0 Å². The van der Waals surface area contributed by atoms with Crippen LogP contribution in [0.15, 0.2) is 200 Å². The molecule has 0 aliphatic heterocycles. The van der Waals surface area contributed by atoms with E-state index in [2.05, 4.69) is 233 Å². The molecule has 1 heteroatoms. The fourth-order valence-corrected chi connectivity index (χ4v) is 11.5. The monoisotopic (exact) mass is 767 g/mol. The lowest BCUT2D eigenvalue weighted by Gasteiger charge is -2.35. The number of fused-ring (bicyclic) bond motifs is 10. The largest absolute Gasteiger partial charge is 0.309 e. The Bertz CT molecular complexity index is 3160. The fourth-order valence-electron chi connectivity index (χ4n) is 11.5. The third-order valence-corrected chi connectivity index (χ3v) is 14.3. The first-order valence-electron chi connectivity index (χ1n) is 21.4. The van der Waals surface area contributed by atoms with Crippen LogP contribution in [0, 0.1) is 0 Å². The van der Waals surface area contributed by atoms with Crippen LogP contribution >= 0.6 is 0 Å². The molecule has 286 valence electrons. The highest BCUT2D eigenvalue weighted by atomic mass is 15.1. The second-order valence-electron chi connectivity index (χ2n) is 18.0. The van der Waals surface area contributed by atoms with Gasteiger partial charge in [0.05, 0.1) is 11.1 Å². The van der Waals surface area contributed by atoms with Crippen LogP contribution in [0.2, 0.25) is 0 Å². The molecule has 9 aromatic carbocycles. The van der Waals surface area contributed by atoms with Crippen LogP contribution in [0.3, 0.4) is 0 Å². The van der Waals surface area contributed by atoms with Crippen molar-refractivity contribution >= 4 is 27.8 Å². The average Bonchev–Trinajstić information content (AvgIpc) is 3.82. The summed E-state index contributed by atoms with van der Waals surface area (Å²) in [4.78, 5) is 2.58. The van der Waals surface area contributed by atoms with Gasteiger partial charge in [0, 0.05) is 33.2 Å². The standard InChI is InChI=1S/C59H45N/c1-57(2)49-26-14-10-22-44(49)47-35-34-42(37-53(47)57)60(56-43-21-9-8-18-38(43)36-54-55(56)48-25-13-15-27-50(48)58(54,3)4)41-32-30-40(31-33-41)59(39-19-6-5-7-20-39)51-28-16-11-23-45(51)46-24-12-17-29-52(46)59/h5-37H,1-4H3. The Labute approximate surface area is 353 Å². The summed E-state index contributed by atoms with van der Waals surface area (Å²) >= 11 is 0. The minimum absolute atomic E-state index is 0.141. The van der Waals surface area contributed by atoms with Gasteiger partial charge in [0.1, 0.15) is 0 Å². The van der Waals surface area contributed by atoms with Crippen molar-refractivity contribution in [2.24, 2.45) is 0 Å². The van der Waals surface area contributed by atoms with Crippen LogP contribution in [-0.2, 0) is 16.2 Å². The lowest BCUT2D eigenvalue weighted by molar-refractivity contribution is 0.660. The van der Waals surface area contributed by atoms with E-state index in [-0.39, 0.29) is 10.8 Å². The molecule has 0 fully saturated rings. The van der Waals surface area contributed by atoms with Crippen molar-refractivity contribution in [1.82, 2.24) is 0 Å². The van der Waals surface area contributed by atoms with E-state index in [1.165, 1.54) is 94.3 Å². The number of hydrogen-bond acceptors (Lipinski definition) is 1. The highest BCUT2D eigenvalue weighted by Crippen LogP contribution is 2.59. The molecule has 0 radical (unpaired) electrons. The highest BCUT2D eigenvalue weighted by Gasteiger charge is 2.46. The highest BCUT2D eigenvalue weighted by molar-refractivity contribution is 6.10. The summed E-state index contributed by atoms with van der Waals surface area (Å²) < 4.78 is 0. The SMILES string of the molecule is CC1(C)c2ccccc2-c2ccc(N(c3ccc(C4(c5ccccc5)c5ccccc5-c5ccccc54)cc3)c3c4c(cc5ccccc35)C(C)(C)c3ccccc3-4)cc21. The molecule has 3 aliphatic rings. The molecule has 0 heterocycles. The van der Waals surface area contributed by atoms with Crippen LogP contribution in [0.5, 0.6) is 0 Å². The molecule has 0 aromatic heterocycles. The molecule has 0 saturated heterocycles. The summed E-state index contributed by atoms with van der Waals surface area (Å²) in [7, 11) is 0. The van der Waals surface area contributed by atoms with Gasteiger partial charge in [-0.15, -0.1) is 0 Å². The van der Waals surface area contributed by atoms with Crippen LogP contribution in [0.4, 0.5) is 17.1 Å². The summed E-state index contributed by atoms with van der Waals surface area (Å²) in [6, 6.07) is 75.4. The number of rotatable bonds is 5. The molecule has 9 aromatic rings. The zero-order valence-corrected chi connectivity index (χ0v) is 34.5. The molecule has 60 heavy (non-hydrogen) atoms. The van der Waals surface area contributed by atoms with E-state index < -0.39 is 5.41 Å². The molecule has 0 bridgehead atoms. The van der Waals surface area contributed by atoms with Crippen molar-refractivity contribution in [3.05, 3.63) is 245 Å². The Kier molecular flexibility index (Phi) is 7.31. The van der Waals surface area contributed by atoms with Crippen LogP contribution in [0.25, 0.3) is 44.2 Å². The van der Waals surface area contributed by atoms with Crippen LogP contribution in [0.1, 0.15) is 72.2 Å². The Morgan fingerprint density at radius 1 is 0.333 bits per heavy atom. The summed E-state index contributed by atoms with van der Waals surface area (Å²) in [5, 5.41) is 2.50. The van der Waals surface area contributed by atoms with Gasteiger partial charge in [-0.3, -0.25) is 0 Å². The van der Waals surface area contributed by atoms with Gasteiger partial charge in [-0.1, -0.05) is 198 Å². The molecule has 1 nitrogen and oxygen atoms in total. The molecule has 12 rings (SSSR count). The maximum absolute atomic E-state index is 2.58. The molecular formula is C59H45N. The van der Waals surface area contributed by atoms with E-state index in [4.69, 9.17) is 0 Å². The Morgan fingerprint density at radius 2 is 0.800 bits per heavy atom. The normalized spacial score (nSPS) is 15.4. The third kappa shape index (κ3) is 4.58. The average molecular weight is 768 g/mol. The molecule has 0 unspecified atom stereocenters. The van der Waals surface area contributed by atoms with Crippen molar-refractivity contribution in [3.63, 3.8) is 0 Å². The molecule has 0 saturated carbocycles. The summed E-state index contributed by atoms with van der Waals surface area (Å²) in [5.74, 6) is 0. The van der Waals surface area contributed by atoms with Crippen molar-refractivity contribution in [1.29, 1.82) is 0 Å². The van der Waals surface area contributed by atoms with Crippen LogP contribution < -0.4 is 4.90 Å². The van der Waals surface area contributed by atoms with E-state index in [0.717, 1.165) is 11.4 Å². The summed E-state index contributed by atoms with van der Waals surface area (Å²) in [5.41, 5.74) is 21.4. The minimum atomic E-state index is -0.467. The number of benzene rings is 9. The van der Waals surface area contributed by atoms with Gasteiger partial charge < -0.3 is 4.90 Å². The molecule has 0 atom stereocenters. The maximum Gasteiger partial charge on any atom is 0.0713 e. The maximum atomic E-state index is 2.58. The number of nitrogens with zero attached hydrogens (tertiary/aromatic N) is 1. The van der Waals surface area contributed by atoms with Crippen molar-refractivity contribution in [2.75, 3.05) is 4.90 Å². The first kappa shape index (κ1) is 35.0. The number of hydrogen-bond donors (Lipinski definition) is 0. The second kappa shape index (κ2) is 12.5. The Morgan fingerprint density at radius 3 is 1.47 bits per heavy atom. The predicted octanol–water partition coefficient (Wildman–Crippen LogP) is 15.3. The number of anilines is 3. The zero-order chi connectivity index (χ0) is 40.4. The van der Waals surface area contributed by atoms with E-state index in [1.54, 1.807) is 0 Å². The summed E-state index contributed by atoms with van der Waals surface area (Å²) in [6.07, 6.45) is 0. The molecule has 0 amide bonds. The first-order chi connectivity index (χ1) is 29.3. The van der Waals surface area contributed by atoms with Gasteiger partial charge in [-0.05, 0) is 108 Å². The lowest BCUT2D eigenvalue weighted by Crippen LogP contribution is -2.28. The fraction of sp³-hybridized carbons (Fsp3) is 0.119. The molecule has 0 N–H and O–H groups in total. The third-order valence-electron chi connectivity index (χ3n) is 14.3. The van der Waals surface area contributed by atoms with Gasteiger partial charge in [0.25, 0.3) is 0 Å². The van der Waals surface area contributed by atoms with Crippen molar-refractivity contribution in [2.45, 2.75) is 43.9 Å². The molecule has 0 spiro atoms. The van der Waals surface area contributed by atoms with E-state index >= 15 is 0 Å². The van der Waals surface area contributed by atoms with E-state index in [0.29, 0.717) is 0 Å². The smallest absolute Gasteiger partial charge is 0.0713 e. The first-order valence-corrected chi connectivity index (χ1v) is 21.4. The topological polar surface area (TPSA) is 3.24 Å². The van der Waals surface area contributed by atoms with Gasteiger partial charge >= 0.3 is 0 Å². The summed E-state index contributed by atoms with van der Waals surface area (Å²) in [6.45, 7) is 9.56. The van der Waals surface area contributed by atoms with Crippen molar-refractivity contribution < 1.29 is 0 Å². The predicted molar refractivity (Wildman–Crippen MR) is 251 cm³/mol. The van der Waals surface area contributed by atoms with Gasteiger partial charge in [-0.25, -0.2) is 0 Å². The quantitative estimate of drug-likeness (QED) is 0.169. The Hall–Kier alpha value is -6.96. The molecule has 3 aliphatic carbocycles. The van der Waals surface area contributed by atoms with E-state index in [9.17, 15) is 0 Å². The van der Waals surface area contributed by atoms with Gasteiger partial charge in [-0.2, -0.15) is 0 Å². The lowest BCUT2D eigenvalue weighted by atomic mass is 9.67. The minimum Gasteiger partial charge on any atom is -0.309 e. The van der Waals surface area contributed by atoms with Crippen LogP contribution in [-0.4, -0.2) is 0 Å². The molecular weight excluding hydrogens is 723 g/mol. The Balaban J connectivity index is 1.14. The second-order valence-corrected chi connectivity index (χ2v) is 18.0. The van der Waals surface area contributed by atoms with Crippen molar-refractivity contribution in [3.8, 4) is 33.4 Å². The van der Waals surface area contributed by atoms with Gasteiger partial charge in [0.15, 0.2) is 0 Å². The zero-order valence-electron chi connectivity index (χ0n) is 34.5. The van der Waals surface area contributed by atoms with Gasteiger partial charge in [0.2, 0.25) is 0 Å².